The fourth-order valence-corrected chi connectivity index (χ4v) is 2.84. The molecule has 146 valence electrons. The van der Waals surface area contributed by atoms with Gasteiger partial charge in [0.25, 0.3) is 5.91 Å². The quantitative estimate of drug-likeness (QED) is 0.616. The lowest BCUT2D eigenvalue weighted by Crippen LogP contribution is -2.36. The Morgan fingerprint density at radius 3 is 2.46 bits per heavy atom. The van der Waals surface area contributed by atoms with Crippen LogP contribution in [0.1, 0.15) is 40.3 Å². The second kappa shape index (κ2) is 9.98. The zero-order valence-corrected chi connectivity index (χ0v) is 16.0. The first-order valence-electron chi connectivity index (χ1n) is 8.85. The zero-order valence-electron chi connectivity index (χ0n) is 16.0. The van der Waals surface area contributed by atoms with Crippen LogP contribution >= 0.6 is 0 Å². The molecule has 1 amide bonds. The zero-order chi connectivity index (χ0) is 20.5. The lowest BCUT2D eigenvalue weighted by molar-refractivity contribution is -0.134. The number of aromatic nitrogens is 1. The molecule has 2 aromatic rings. The van der Waals surface area contributed by atoms with Gasteiger partial charge < -0.3 is 18.6 Å². The molecule has 2 rings (SSSR count). The van der Waals surface area contributed by atoms with E-state index in [0.29, 0.717) is 12.1 Å². The van der Waals surface area contributed by atoms with Crippen molar-refractivity contribution in [1.29, 1.82) is 10.5 Å². The first kappa shape index (κ1) is 20.8. The minimum absolute atomic E-state index is 0.152. The summed E-state index contributed by atoms with van der Waals surface area (Å²) in [6, 6.07) is 9.29. The van der Waals surface area contributed by atoms with E-state index in [9.17, 15) is 9.59 Å². The number of carbonyl (C=O) groups is 2. The van der Waals surface area contributed by atoms with Crippen LogP contribution in [0.3, 0.4) is 0 Å². The molecule has 28 heavy (non-hydrogen) atoms. The van der Waals surface area contributed by atoms with Crippen LogP contribution < -0.4 is 0 Å². The monoisotopic (exact) mass is 382 g/mol. The van der Waals surface area contributed by atoms with E-state index in [4.69, 9.17) is 19.7 Å². The van der Waals surface area contributed by atoms with Crippen LogP contribution in [0.2, 0.25) is 0 Å². The molecule has 0 saturated carbocycles. The van der Waals surface area contributed by atoms with Crippen LogP contribution in [0.5, 0.6) is 0 Å². The summed E-state index contributed by atoms with van der Waals surface area (Å²) in [6.45, 7) is 4.15. The molecule has 8 heteroatoms. The minimum Gasteiger partial charge on any atom is -0.467 e. The number of nitrogens with zero attached hydrogens (tertiary/aromatic N) is 4. The Hall–Kier alpha value is -3.52. The van der Waals surface area contributed by atoms with Gasteiger partial charge in [-0.1, -0.05) is 0 Å². The van der Waals surface area contributed by atoms with Gasteiger partial charge in [0, 0.05) is 24.5 Å². The summed E-state index contributed by atoms with van der Waals surface area (Å²) in [5.41, 5.74) is 1.98. The normalized spacial score (nSPS) is 10.1. The number of furan rings is 1. The average Bonchev–Trinajstić information content (AvgIpc) is 3.29. The van der Waals surface area contributed by atoms with E-state index in [1.807, 2.05) is 29.7 Å². The maximum Gasteiger partial charge on any atom is 0.340 e. The van der Waals surface area contributed by atoms with E-state index in [0.717, 1.165) is 17.1 Å². The van der Waals surface area contributed by atoms with E-state index >= 15 is 0 Å². The van der Waals surface area contributed by atoms with Crippen LogP contribution in [-0.4, -0.2) is 41.0 Å². The van der Waals surface area contributed by atoms with Crippen molar-refractivity contribution in [3.8, 4) is 12.1 Å². The summed E-state index contributed by atoms with van der Waals surface area (Å²) in [5, 5.41) is 17.4. The second-order valence-electron chi connectivity index (χ2n) is 6.22. The third-order valence-electron chi connectivity index (χ3n) is 4.35. The van der Waals surface area contributed by atoms with Gasteiger partial charge in [0.15, 0.2) is 6.61 Å². The van der Waals surface area contributed by atoms with Crippen LogP contribution in [0.15, 0.2) is 28.9 Å². The van der Waals surface area contributed by atoms with Gasteiger partial charge >= 0.3 is 5.97 Å². The predicted molar refractivity (Wildman–Crippen MR) is 99.0 cm³/mol. The Morgan fingerprint density at radius 1 is 1.21 bits per heavy atom. The first-order chi connectivity index (χ1) is 13.5. The number of esters is 1. The molecular formula is C20H22N4O4. The van der Waals surface area contributed by atoms with Crippen LogP contribution in [-0.2, 0) is 16.1 Å². The van der Waals surface area contributed by atoms with Crippen molar-refractivity contribution in [1.82, 2.24) is 9.47 Å². The van der Waals surface area contributed by atoms with Crippen molar-refractivity contribution in [3.05, 3.63) is 47.2 Å². The number of carbonyl (C=O) groups excluding carboxylic acids is 2. The van der Waals surface area contributed by atoms with E-state index in [2.05, 4.69) is 0 Å². The Bertz CT molecular complexity index is 882. The molecule has 0 saturated heterocycles. The second-order valence-corrected chi connectivity index (χ2v) is 6.22. The minimum atomic E-state index is -0.590. The smallest absolute Gasteiger partial charge is 0.340 e. The number of hydrogen-bond donors (Lipinski definition) is 0. The average molecular weight is 382 g/mol. The molecule has 0 radical (unpaired) electrons. The molecule has 8 nitrogen and oxygen atoms in total. The highest BCUT2D eigenvalue weighted by atomic mass is 16.5. The number of amides is 1. The van der Waals surface area contributed by atoms with E-state index in [1.165, 1.54) is 4.90 Å². The summed E-state index contributed by atoms with van der Waals surface area (Å²) in [6.07, 6.45) is 1.90. The van der Waals surface area contributed by atoms with Crippen LogP contribution in [0, 0.1) is 36.5 Å². The van der Waals surface area contributed by atoms with Gasteiger partial charge in [-0.15, -0.1) is 0 Å². The lowest BCUT2D eigenvalue weighted by Gasteiger charge is -2.20. The Kier molecular flexibility index (Phi) is 7.41. The molecule has 0 aliphatic rings. The number of rotatable bonds is 9. The summed E-state index contributed by atoms with van der Waals surface area (Å²) in [5.74, 6) is -0.251. The fourth-order valence-electron chi connectivity index (χ4n) is 2.84. The molecule has 0 unspecified atom stereocenters. The molecule has 0 N–H and O–H groups in total. The number of nitriles is 2. The van der Waals surface area contributed by atoms with Gasteiger partial charge in [0.2, 0.25) is 0 Å². The largest absolute Gasteiger partial charge is 0.467 e. The van der Waals surface area contributed by atoms with Crippen molar-refractivity contribution in [2.75, 3.05) is 19.7 Å². The standard InChI is InChI=1S/C20H22N4O4/c1-15-12-18(16(2)24(15)13-17-6-3-11-27-17)20(26)28-14-19(25)23(9-4-7-21)10-5-8-22/h3,6,11-12H,4-5,9-10,13-14H2,1-2H3. The topological polar surface area (TPSA) is 112 Å². The molecule has 2 heterocycles. The number of hydrogen-bond acceptors (Lipinski definition) is 6. The summed E-state index contributed by atoms with van der Waals surface area (Å²) in [4.78, 5) is 26.1. The highest BCUT2D eigenvalue weighted by Gasteiger charge is 2.20. The van der Waals surface area contributed by atoms with Crippen molar-refractivity contribution in [3.63, 3.8) is 0 Å². The Balaban J connectivity index is 2.01. The maximum atomic E-state index is 12.5. The van der Waals surface area contributed by atoms with E-state index in [-0.39, 0.29) is 25.9 Å². The molecule has 0 fully saturated rings. The molecule has 0 bridgehead atoms. The molecular weight excluding hydrogens is 360 g/mol. The maximum absolute atomic E-state index is 12.5. The summed E-state index contributed by atoms with van der Waals surface area (Å²) >= 11 is 0. The number of ether oxygens (including phenoxy) is 1. The van der Waals surface area contributed by atoms with Gasteiger partial charge in [-0.25, -0.2) is 4.79 Å². The van der Waals surface area contributed by atoms with Gasteiger partial charge in [0.1, 0.15) is 5.76 Å². The molecule has 0 aliphatic carbocycles. The molecule has 0 aliphatic heterocycles. The molecule has 0 aromatic carbocycles. The predicted octanol–water partition coefficient (Wildman–Crippen LogP) is 2.56. The molecule has 0 atom stereocenters. The van der Waals surface area contributed by atoms with E-state index in [1.54, 1.807) is 25.3 Å². The van der Waals surface area contributed by atoms with Gasteiger partial charge in [0.05, 0.1) is 43.4 Å². The lowest BCUT2D eigenvalue weighted by atomic mass is 10.2. The fraction of sp³-hybridized carbons (Fsp3) is 0.400. The SMILES string of the molecule is Cc1cc(C(=O)OCC(=O)N(CCC#N)CCC#N)c(C)n1Cc1ccco1. The summed E-state index contributed by atoms with van der Waals surface area (Å²) < 4.78 is 12.5. The number of aryl methyl sites for hydroxylation is 1. The Labute approximate surface area is 163 Å². The van der Waals surface area contributed by atoms with Gasteiger partial charge in [-0.05, 0) is 32.0 Å². The van der Waals surface area contributed by atoms with Crippen LogP contribution in [0.25, 0.3) is 0 Å². The molecule has 2 aromatic heterocycles. The Morgan fingerprint density at radius 2 is 1.89 bits per heavy atom. The van der Waals surface area contributed by atoms with Gasteiger partial charge in [-0.2, -0.15) is 10.5 Å². The van der Waals surface area contributed by atoms with Crippen molar-refractivity contribution < 1.29 is 18.7 Å². The first-order valence-corrected chi connectivity index (χ1v) is 8.85. The van der Waals surface area contributed by atoms with E-state index < -0.39 is 18.5 Å². The van der Waals surface area contributed by atoms with Crippen molar-refractivity contribution >= 4 is 11.9 Å². The molecule has 0 spiro atoms. The summed E-state index contributed by atoms with van der Waals surface area (Å²) in [7, 11) is 0. The third kappa shape index (κ3) is 5.24. The van der Waals surface area contributed by atoms with Gasteiger partial charge in [-0.3, -0.25) is 4.79 Å². The van der Waals surface area contributed by atoms with Crippen molar-refractivity contribution in [2.24, 2.45) is 0 Å². The highest BCUT2D eigenvalue weighted by molar-refractivity contribution is 5.92. The van der Waals surface area contributed by atoms with Crippen LogP contribution in [0.4, 0.5) is 0 Å². The van der Waals surface area contributed by atoms with Crippen molar-refractivity contribution in [2.45, 2.75) is 33.2 Å². The third-order valence-corrected chi connectivity index (χ3v) is 4.35. The highest BCUT2D eigenvalue weighted by Crippen LogP contribution is 2.18.